The highest BCUT2D eigenvalue weighted by Gasteiger charge is 2.52. The number of rotatable bonds is 2. The average Bonchev–Trinajstić information content (AvgIpc) is 3.73. The maximum absolute atomic E-state index is 2.52. The summed E-state index contributed by atoms with van der Waals surface area (Å²) in [5, 5.41) is 7.79. The van der Waals surface area contributed by atoms with Gasteiger partial charge in [0.05, 0.1) is 5.41 Å². The van der Waals surface area contributed by atoms with Gasteiger partial charge in [-0.15, -0.1) is 0 Å². The van der Waals surface area contributed by atoms with E-state index in [1.54, 1.807) is 0 Å². The second-order valence-corrected chi connectivity index (χ2v) is 16.6. The number of hydrogen-bond donors (Lipinski definition) is 0. The van der Waals surface area contributed by atoms with Crippen LogP contribution in [0.25, 0.3) is 88.0 Å². The van der Waals surface area contributed by atoms with Crippen molar-refractivity contribution in [3.05, 3.63) is 216 Å². The minimum atomic E-state index is -0.407. The van der Waals surface area contributed by atoms with Gasteiger partial charge in [-0.3, -0.25) is 0 Å². The summed E-state index contributed by atoms with van der Waals surface area (Å²) in [6, 6.07) is 73.3. The maximum atomic E-state index is 2.52. The Balaban J connectivity index is 1.03. The molecular formula is C55H32S. The van der Waals surface area contributed by atoms with E-state index in [2.05, 4.69) is 194 Å². The molecule has 1 atom stereocenters. The van der Waals surface area contributed by atoms with Crippen molar-refractivity contribution in [3.8, 4) is 55.6 Å². The van der Waals surface area contributed by atoms with Crippen molar-refractivity contribution in [1.29, 1.82) is 0 Å². The highest BCUT2D eigenvalue weighted by Crippen LogP contribution is 2.64. The predicted octanol–water partition coefficient (Wildman–Crippen LogP) is 15.0. The van der Waals surface area contributed by atoms with Crippen LogP contribution in [0.2, 0.25) is 0 Å². The summed E-state index contributed by atoms with van der Waals surface area (Å²) >= 11 is 1.90. The van der Waals surface area contributed by atoms with Crippen LogP contribution in [-0.2, 0) is 5.41 Å². The molecule has 258 valence electrons. The molecule has 0 radical (unpaired) electrons. The minimum absolute atomic E-state index is 0.407. The molecule has 0 saturated carbocycles. The third kappa shape index (κ3) is 3.90. The molecule has 0 N–H and O–H groups in total. The van der Waals surface area contributed by atoms with E-state index in [1.807, 2.05) is 11.8 Å². The minimum Gasteiger partial charge on any atom is -0.0888 e. The van der Waals surface area contributed by atoms with Gasteiger partial charge in [0, 0.05) is 15.2 Å². The molecule has 10 aromatic rings. The van der Waals surface area contributed by atoms with Crippen molar-refractivity contribution in [2.24, 2.45) is 0 Å². The average molecular weight is 725 g/mol. The Labute approximate surface area is 329 Å². The van der Waals surface area contributed by atoms with Crippen molar-refractivity contribution < 1.29 is 0 Å². The molecule has 0 saturated heterocycles. The van der Waals surface area contributed by atoms with Gasteiger partial charge in [-0.25, -0.2) is 0 Å². The molecule has 2 aliphatic carbocycles. The van der Waals surface area contributed by atoms with Crippen molar-refractivity contribution >= 4 is 44.1 Å². The molecule has 0 fully saturated rings. The fourth-order valence-corrected chi connectivity index (χ4v) is 11.8. The first-order chi connectivity index (χ1) is 27.8. The molecule has 1 heterocycles. The van der Waals surface area contributed by atoms with Gasteiger partial charge in [-0.05, 0) is 129 Å². The van der Waals surface area contributed by atoms with Gasteiger partial charge in [0.1, 0.15) is 0 Å². The summed E-state index contributed by atoms with van der Waals surface area (Å²) in [6.07, 6.45) is 0. The van der Waals surface area contributed by atoms with Gasteiger partial charge in [0.25, 0.3) is 0 Å². The van der Waals surface area contributed by atoms with Crippen molar-refractivity contribution in [2.45, 2.75) is 15.2 Å². The summed E-state index contributed by atoms with van der Waals surface area (Å²) in [7, 11) is 0. The van der Waals surface area contributed by atoms with Crippen LogP contribution in [0, 0.1) is 0 Å². The Morgan fingerprint density at radius 3 is 1.75 bits per heavy atom. The van der Waals surface area contributed by atoms with Crippen LogP contribution in [0.1, 0.15) is 22.3 Å². The summed E-state index contributed by atoms with van der Waals surface area (Å²) in [5.74, 6) is 0. The molecule has 0 amide bonds. The molecule has 10 aromatic carbocycles. The molecule has 1 unspecified atom stereocenters. The van der Waals surface area contributed by atoms with Crippen LogP contribution in [0.5, 0.6) is 0 Å². The lowest BCUT2D eigenvalue weighted by atomic mass is 9.70. The van der Waals surface area contributed by atoms with Gasteiger partial charge in [-0.2, -0.15) is 0 Å². The monoisotopic (exact) mass is 724 g/mol. The second-order valence-electron chi connectivity index (χ2n) is 15.5. The topological polar surface area (TPSA) is 0 Å². The first-order valence-electron chi connectivity index (χ1n) is 19.5. The summed E-state index contributed by atoms with van der Waals surface area (Å²) in [6.45, 7) is 0. The van der Waals surface area contributed by atoms with E-state index in [-0.39, 0.29) is 0 Å². The Morgan fingerprint density at radius 2 is 0.911 bits per heavy atom. The normalized spacial score (nSPS) is 15.5. The lowest BCUT2D eigenvalue weighted by Gasteiger charge is -2.31. The summed E-state index contributed by atoms with van der Waals surface area (Å²) in [4.78, 5) is 2.65. The third-order valence-electron chi connectivity index (χ3n) is 12.9. The quantitative estimate of drug-likeness (QED) is 0.171. The highest BCUT2D eigenvalue weighted by molar-refractivity contribution is 7.99. The van der Waals surface area contributed by atoms with E-state index in [1.165, 1.54) is 120 Å². The number of benzene rings is 10. The number of fused-ring (bicyclic) bond motifs is 15. The summed E-state index contributed by atoms with van der Waals surface area (Å²) < 4.78 is 0. The zero-order valence-corrected chi connectivity index (χ0v) is 31.2. The predicted molar refractivity (Wildman–Crippen MR) is 236 cm³/mol. The van der Waals surface area contributed by atoms with Crippen LogP contribution >= 0.6 is 11.8 Å². The van der Waals surface area contributed by atoms with Crippen molar-refractivity contribution in [3.63, 3.8) is 0 Å². The standard InChI is InChI=1S/C55H32S/c1-2-14-39-33(12-1)25-29-49-54(39)46-19-6-9-22-48(46)55(49)47-21-8-5-17-42(47)43-26-24-34(31-50(43)55)37-27-28-38(41-16-4-3-15-40(37)41)36-30-35-13-11-20-45-44-18-7-10-23-51(44)56-52(32-36)53(35)45/h1-32H. The van der Waals surface area contributed by atoms with E-state index >= 15 is 0 Å². The second kappa shape index (κ2) is 11.2. The molecule has 0 aromatic heterocycles. The van der Waals surface area contributed by atoms with Crippen LogP contribution in [0.15, 0.2) is 204 Å². The van der Waals surface area contributed by atoms with E-state index in [9.17, 15) is 0 Å². The lowest BCUT2D eigenvalue weighted by Crippen LogP contribution is -2.25. The Bertz CT molecular complexity index is 3350. The third-order valence-corrected chi connectivity index (χ3v) is 14.0. The van der Waals surface area contributed by atoms with Crippen LogP contribution < -0.4 is 0 Å². The Kier molecular flexibility index (Phi) is 6.13. The molecule has 1 aliphatic heterocycles. The smallest absolute Gasteiger partial charge is 0.0725 e. The van der Waals surface area contributed by atoms with E-state index in [4.69, 9.17) is 0 Å². The summed E-state index contributed by atoms with van der Waals surface area (Å²) in [5.41, 5.74) is 18.1. The number of hydrogen-bond acceptors (Lipinski definition) is 1. The Hall–Kier alpha value is -6.67. The van der Waals surface area contributed by atoms with Gasteiger partial charge < -0.3 is 0 Å². The van der Waals surface area contributed by atoms with Gasteiger partial charge >= 0.3 is 0 Å². The van der Waals surface area contributed by atoms with Crippen LogP contribution in [0.3, 0.4) is 0 Å². The van der Waals surface area contributed by atoms with Gasteiger partial charge in [-0.1, -0.05) is 182 Å². The van der Waals surface area contributed by atoms with Gasteiger partial charge in [0.15, 0.2) is 0 Å². The zero-order chi connectivity index (χ0) is 36.5. The van der Waals surface area contributed by atoms with E-state index in [0.29, 0.717) is 0 Å². The fourth-order valence-electron chi connectivity index (χ4n) is 10.6. The molecular weight excluding hydrogens is 693 g/mol. The molecule has 13 rings (SSSR count). The van der Waals surface area contributed by atoms with E-state index in [0.717, 1.165) is 0 Å². The van der Waals surface area contributed by atoms with Crippen molar-refractivity contribution in [2.75, 3.05) is 0 Å². The van der Waals surface area contributed by atoms with Crippen LogP contribution in [-0.4, -0.2) is 0 Å². The molecule has 56 heavy (non-hydrogen) atoms. The van der Waals surface area contributed by atoms with Crippen LogP contribution in [0.4, 0.5) is 0 Å². The first kappa shape index (κ1) is 30.6. The van der Waals surface area contributed by atoms with E-state index < -0.39 is 5.41 Å². The Morgan fingerprint density at radius 1 is 0.304 bits per heavy atom. The largest absolute Gasteiger partial charge is 0.0888 e. The van der Waals surface area contributed by atoms with Gasteiger partial charge in [0.2, 0.25) is 0 Å². The molecule has 0 bridgehead atoms. The zero-order valence-electron chi connectivity index (χ0n) is 30.4. The molecule has 3 aliphatic rings. The molecule has 1 heteroatoms. The fraction of sp³-hybridized carbons (Fsp3) is 0.0182. The maximum Gasteiger partial charge on any atom is 0.0725 e. The SMILES string of the molecule is c1ccc2c(c1)Sc1cc(-c3ccc(-c4ccc5c(c4)C4(c6ccccc6-5)c5ccccc5-c5c4ccc4ccccc54)c4ccccc34)cc3cccc-2c13. The first-order valence-corrected chi connectivity index (χ1v) is 20.3. The molecule has 0 nitrogen and oxygen atoms in total. The highest BCUT2D eigenvalue weighted by atomic mass is 32.2. The van der Waals surface area contributed by atoms with Crippen molar-refractivity contribution in [1.82, 2.24) is 0 Å². The molecule has 1 spiro atoms. The lowest BCUT2D eigenvalue weighted by molar-refractivity contribution is 0.795.